The van der Waals surface area contributed by atoms with Crippen molar-refractivity contribution in [3.63, 3.8) is 0 Å². The van der Waals surface area contributed by atoms with E-state index in [-0.39, 0.29) is 5.69 Å². The van der Waals surface area contributed by atoms with Crippen molar-refractivity contribution in [1.29, 1.82) is 0 Å². The predicted octanol–water partition coefficient (Wildman–Crippen LogP) is 6.18. The molecule has 11 heteroatoms. The van der Waals surface area contributed by atoms with Crippen molar-refractivity contribution in [3.8, 4) is 0 Å². The van der Waals surface area contributed by atoms with E-state index in [4.69, 9.17) is 18.1 Å². The Morgan fingerprint density at radius 1 is 0.742 bits per heavy atom. The minimum atomic E-state index is -4.38. The Bertz CT molecular complexity index is 746. The highest BCUT2D eigenvalue weighted by atomic mass is 31.2. The normalized spacial score (nSPS) is 13.1. The smallest absolute Gasteiger partial charge is 0.325 e. The fourth-order valence-corrected chi connectivity index (χ4v) is 8.31. The molecule has 0 bridgehead atoms. The lowest BCUT2D eigenvalue weighted by Crippen LogP contribution is -2.33. The molecular weight excluding hydrogens is 447 g/mol. The summed E-state index contributed by atoms with van der Waals surface area (Å²) >= 11 is 0. The number of hydrogen-bond donors (Lipinski definition) is 1. The van der Waals surface area contributed by atoms with Crippen molar-refractivity contribution in [2.24, 2.45) is 0 Å². The van der Waals surface area contributed by atoms with Gasteiger partial charge in [0.25, 0.3) is 5.91 Å². The first-order valence-corrected chi connectivity index (χ1v) is 13.4. The number of anilines is 1. The summed E-state index contributed by atoms with van der Waals surface area (Å²) in [7, 11) is -8.76. The number of halogens is 1. The Kier molecular flexibility index (Phi) is 10.5. The molecule has 1 rings (SSSR count). The number of nitrogens with one attached hydrogen (secondary N) is 1. The lowest BCUT2D eigenvalue weighted by molar-refractivity contribution is -0.115. The molecule has 0 aliphatic rings. The van der Waals surface area contributed by atoms with Gasteiger partial charge < -0.3 is 23.4 Å². The molecule has 0 radical (unpaired) electrons. The fraction of sp³-hybridized carbons (Fsp3) is 0.650. The summed E-state index contributed by atoms with van der Waals surface area (Å²) in [6.45, 7) is 12.9. The van der Waals surface area contributed by atoms with Crippen LogP contribution >= 0.6 is 15.2 Å². The quantitative estimate of drug-likeness (QED) is 0.356. The molecule has 0 fully saturated rings. The standard InChI is InChI=1S/C20H34FNO7P2/c1-13(2)26-30(24,27-14(3)4)20(31(25,28-15(5)6)29-16(7)8)19(23)22-18-11-9-17(21)10-12-18/h9-16,20H,1-8H3,(H,22,23). The van der Waals surface area contributed by atoms with E-state index < -0.39 is 56.7 Å². The van der Waals surface area contributed by atoms with E-state index in [0.29, 0.717) is 0 Å². The summed E-state index contributed by atoms with van der Waals surface area (Å²) in [5.74, 6) is -1.44. The molecule has 8 nitrogen and oxygen atoms in total. The zero-order chi connectivity index (χ0) is 24.0. The second-order valence-electron chi connectivity index (χ2n) is 8.07. The van der Waals surface area contributed by atoms with Gasteiger partial charge in [-0.15, -0.1) is 0 Å². The minimum absolute atomic E-state index is 0.206. The van der Waals surface area contributed by atoms with Crippen LogP contribution in [0.2, 0.25) is 0 Å². The van der Waals surface area contributed by atoms with Crippen LogP contribution in [0.3, 0.4) is 0 Å². The molecule has 0 spiro atoms. The molecule has 178 valence electrons. The molecule has 1 aromatic rings. The zero-order valence-corrected chi connectivity index (χ0v) is 21.1. The van der Waals surface area contributed by atoms with Gasteiger partial charge in [0.15, 0.2) is 0 Å². The van der Waals surface area contributed by atoms with E-state index in [1.54, 1.807) is 55.4 Å². The van der Waals surface area contributed by atoms with Crippen molar-refractivity contribution < 1.29 is 36.4 Å². The van der Waals surface area contributed by atoms with Crippen LogP contribution < -0.4 is 5.32 Å². The van der Waals surface area contributed by atoms with Gasteiger partial charge in [-0.25, -0.2) is 4.39 Å². The Hall–Kier alpha value is -1.08. The van der Waals surface area contributed by atoms with Crippen LogP contribution in [0.15, 0.2) is 24.3 Å². The maximum Gasteiger partial charge on any atom is 0.355 e. The topological polar surface area (TPSA) is 100 Å². The molecule has 0 saturated carbocycles. The molecule has 0 heterocycles. The van der Waals surface area contributed by atoms with Gasteiger partial charge in [0.1, 0.15) is 5.82 Å². The van der Waals surface area contributed by atoms with Crippen molar-refractivity contribution in [2.45, 2.75) is 85.2 Å². The van der Waals surface area contributed by atoms with E-state index >= 15 is 0 Å². The maximum absolute atomic E-state index is 13.9. The molecular formula is C20H34FNO7P2. The third-order valence-electron chi connectivity index (χ3n) is 3.38. The fourth-order valence-electron chi connectivity index (χ4n) is 2.66. The molecule has 0 aliphatic carbocycles. The van der Waals surface area contributed by atoms with Gasteiger partial charge in [0, 0.05) is 5.69 Å². The van der Waals surface area contributed by atoms with Crippen LogP contribution in [0.5, 0.6) is 0 Å². The third-order valence-corrected chi connectivity index (χ3v) is 9.60. The van der Waals surface area contributed by atoms with E-state index in [1.165, 1.54) is 12.1 Å². The molecule has 1 amide bonds. The second kappa shape index (κ2) is 11.7. The first kappa shape index (κ1) is 28.0. The van der Waals surface area contributed by atoms with E-state index in [2.05, 4.69) is 5.32 Å². The van der Waals surface area contributed by atoms with Crippen LogP contribution in [0.4, 0.5) is 10.1 Å². The van der Waals surface area contributed by atoms with Crippen LogP contribution in [-0.2, 0) is 32.0 Å². The molecule has 0 unspecified atom stereocenters. The van der Waals surface area contributed by atoms with Gasteiger partial charge in [-0.2, -0.15) is 0 Å². The molecule has 0 saturated heterocycles. The van der Waals surface area contributed by atoms with E-state index in [0.717, 1.165) is 12.1 Å². The van der Waals surface area contributed by atoms with Crippen LogP contribution in [0.25, 0.3) is 0 Å². The van der Waals surface area contributed by atoms with Crippen LogP contribution in [0.1, 0.15) is 55.4 Å². The number of hydrogen-bond acceptors (Lipinski definition) is 7. The lowest BCUT2D eigenvalue weighted by atomic mass is 10.3. The average Bonchev–Trinajstić information content (AvgIpc) is 2.53. The highest BCUT2D eigenvalue weighted by Gasteiger charge is 2.57. The molecule has 1 aromatic carbocycles. The summed E-state index contributed by atoms with van der Waals surface area (Å²) in [5.41, 5.74) is 0.206. The predicted molar refractivity (Wildman–Crippen MR) is 119 cm³/mol. The molecule has 0 aromatic heterocycles. The zero-order valence-electron chi connectivity index (χ0n) is 19.3. The Balaban J connectivity index is 3.60. The number of benzene rings is 1. The Labute approximate surface area is 184 Å². The van der Waals surface area contributed by atoms with Crippen LogP contribution in [-0.4, -0.2) is 35.7 Å². The van der Waals surface area contributed by atoms with Crippen LogP contribution in [0, 0.1) is 5.82 Å². The third kappa shape index (κ3) is 8.76. The largest absolute Gasteiger partial charge is 0.355 e. The lowest BCUT2D eigenvalue weighted by Gasteiger charge is -2.34. The minimum Gasteiger partial charge on any atom is -0.325 e. The van der Waals surface area contributed by atoms with Crippen molar-refractivity contribution >= 4 is 26.8 Å². The van der Waals surface area contributed by atoms with Gasteiger partial charge in [-0.1, -0.05) is 0 Å². The summed E-state index contributed by atoms with van der Waals surface area (Å²) in [5, 5.41) is 0.600. The van der Waals surface area contributed by atoms with Crippen molar-refractivity contribution in [3.05, 3.63) is 30.1 Å². The summed E-state index contributed by atoms with van der Waals surface area (Å²) in [4.78, 5) is 13.3. The van der Waals surface area contributed by atoms with Gasteiger partial charge in [-0.05, 0) is 79.7 Å². The average molecular weight is 481 g/mol. The maximum atomic E-state index is 13.9. The second-order valence-corrected chi connectivity index (χ2v) is 12.5. The van der Waals surface area contributed by atoms with Gasteiger partial charge >= 0.3 is 15.2 Å². The number of amides is 1. The Morgan fingerprint density at radius 3 is 1.35 bits per heavy atom. The summed E-state index contributed by atoms with van der Waals surface area (Å²) in [6, 6.07) is 4.93. The molecule has 0 aliphatic heterocycles. The highest BCUT2D eigenvalue weighted by molar-refractivity contribution is 7.74. The van der Waals surface area contributed by atoms with Gasteiger partial charge in [0.05, 0.1) is 24.4 Å². The number of rotatable bonds is 12. The van der Waals surface area contributed by atoms with Gasteiger partial charge in [0.2, 0.25) is 5.40 Å². The van der Waals surface area contributed by atoms with Gasteiger partial charge in [-0.3, -0.25) is 13.9 Å². The van der Waals surface area contributed by atoms with Crippen molar-refractivity contribution in [1.82, 2.24) is 0 Å². The number of carbonyl (C=O) groups excluding carboxylic acids is 1. The summed E-state index contributed by atoms with van der Waals surface area (Å²) < 4.78 is 63.4. The molecule has 0 atom stereocenters. The van der Waals surface area contributed by atoms with E-state index in [1.807, 2.05) is 0 Å². The summed E-state index contributed by atoms with van der Waals surface area (Å²) in [6.07, 6.45) is -2.45. The van der Waals surface area contributed by atoms with E-state index in [9.17, 15) is 18.3 Å². The number of carbonyl (C=O) groups is 1. The SMILES string of the molecule is CC(C)OP(=O)(OC(C)C)C(C(=O)Nc1ccc(F)cc1)P(=O)(OC(C)C)OC(C)C. The molecule has 31 heavy (non-hydrogen) atoms. The first-order chi connectivity index (χ1) is 14.2. The highest BCUT2D eigenvalue weighted by Crippen LogP contribution is 2.72. The Morgan fingerprint density at radius 2 is 1.06 bits per heavy atom. The first-order valence-electron chi connectivity index (χ1n) is 10.2. The molecule has 1 N–H and O–H groups in total. The monoisotopic (exact) mass is 481 g/mol. The van der Waals surface area contributed by atoms with Crippen molar-refractivity contribution in [2.75, 3.05) is 5.32 Å².